The highest BCUT2D eigenvalue weighted by atomic mass is 15.2. The summed E-state index contributed by atoms with van der Waals surface area (Å²) in [5.74, 6) is 1.54. The highest BCUT2D eigenvalue weighted by molar-refractivity contribution is 5.73. The Bertz CT molecular complexity index is 980. The van der Waals surface area contributed by atoms with Gasteiger partial charge in [0, 0.05) is 55.8 Å². The van der Waals surface area contributed by atoms with Crippen molar-refractivity contribution in [3.63, 3.8) is 0 Å². The first-order valence-corrected chi connectivity index (χ1v) is 9.38. The first-order chi connectivity index (χ1) is 13.7. The van der Waals surface area contributed by atoms with Gasteiger partial charge >= 0.3 is 0 Å². The van der Waals surface area contributed by atoms with Crippen molar-refractivity contribution in [2.24, 2.45) is 7.05 Å². The molecule has 1 saturated heterocycles. The summed E-state index contributed by atoms with van der Waals surface area (Å²) in [4.78, 5) is 13.5. The Hall–Kier alpha value is -3.31. The zero-order chi connectivity index (χ0) is 19.3. The number of nitrogens with one attached hydrogen (secondary N) is 2. The maximum Gasteiger partial charge on any atom is 0.140 e. The van der Waals surface area contributed by atoms with Crippen molar-refractivity contribution in [3.05, 3.63) is 54.0 Å². The van der Waals surface area contributed by atoms with Crippen LogP contribution >= 0.6 is 0 Å². The molecule has 0 aromatic carbocycles. The number of rotatable bonds is 5. The van der Waals surface area contributed by atoms with Gasteiger partial charge in [0.2, 0.25) is 0 Å². The first-order valence-electron chi connectivity index (χ1n) is 9.38. The normalized spacial score (nSPS) is 16.5. The summed E-state index contributed by atoms with van der Waals surface area (Å²) in [5.41, 5.74) is 3.31. The number of piperidine rings is 1. The first kappa shape index (κ1) is 18.1. The van der Waals surface area contributed by atoms with Crippen LogP contribution in [-0.2, 0) is 13.5 Å². The predicted molar refractivity (Wildman–Crippen MR) is 106 cm³/mol. The molecule has 1 fully saturated rings. The van der Waals surface area contributed by atoms with Gasteiger partial charge in [-0.25, -0.2) is 15.0 Å². The molecule has 0 radical (unpaired) electrons. The van der Waals surface area contributed by atoms with Gasteiger partial charge in [-0.1, -0.05) is 6.07 Å². The van der Waals surface area contributed by atoms with Crippen LogP contribution < -0.4 is 10.6 Å². The topological polar surface area (TPSA) is 104 Å². The van der Waals surface area contributed by atoms with Gasteiger partial charge < -0.3 is 10.6 Å². The van der Waals surface area contributed by atoms with Crippen molar-refractivity contribution >= 4 is 5.82 Å². The SMILES string of the molecule is Cn1cc(-c2cnc(Cc3ccc(C#N)nc3)nc2N[C@H]2CCCNC2)cn1. The second kappa shape index (κ2) is 8.15. The van der Waals surface area contributed by atoms with Gasteiger partial charge in [0.25, 0.3) is 0 Å². The third kappa shape index (κ3) is 4.15. The maximum absolute atomic E-state index is 8.89. The Labute approximate surface area is 163 Å². The van der Waals surface area contributed by atoms with Crippen molar-refractivity contribution in [1.82, 2.24) is 30.0 Å². The Balaban J connectivity index is 1.62. The van der Waals surface area contributed by atoms with E-state index >= 15 is 0 Å². The fraction of sp³-hybridized carbons (Fsp3) is 0.350. The molecule has 3 aromatic heterocycles. The zero-order valence-electron chi connectivity index (χ0n) is 15.8. The number of nitriles is 1. The second-order valence-electron chi connectivity index (χ2n) is 6.98. The summed E-state index contributed by atoms with van der Waals surface area (Å²) >= 11 is 0. The molecule has 28 heavy (non-hydrogen) atoms. The van der Waals surface area contributed by atoms with Crippen LogP contribution in [0.2, 0.25) is 0 Å². The third-order valence-electron chi connectivity index (χ3n) is 4.79. The van der Waals surface area contributed by atoms with E-state index in [0.29, 0.717) is 24.0 Å². The molecule has 4 heterocycles. The smallest absolute Gasteiger partial charge is 0.140 e. The lowest BCUT2D eigenvalue weighted by Gasteiger charge is -2.25. The number of anilines is 1. The standard InChI is InChI=1S/C20H22N8/c1-28-13-15(10-25-28)18-12-24-19(7-14-4-5-16(8-21)23-9-14)27-20(18)26-17-3-2-6-22-11-17/h4-5,9-10,12-13,17,22H,2-3,6-7,11H2,1H3,(H,24,26,27)/t17-/m0/s1. The molecular weight excluding hydrogens is 352 g/mol. The lowest BCUT2D eigenvalue weighted by Crippen LogP contribution is -2.38. The van der Waals surface area contributed by atoms with Crippen molar-refractivity contribution in [2.45, 2.75) is 25.3 Å². The molecule has 0 aliphatic carbocycles. The minimum Gasteiger partial charge on any atom is -0.365 e. The molecule has 0 bridgehead atoms. The monoisotopic (exact) mass is 374 g/mol. The molecular formula is C20H22N8. The Morgan fingerprint density at radius 3 is 2.89 bits per heavy atom. The summed E-state index contributed by atoms with van der Waals surface area (Å²) in [5, 5.41) is 20.2. The molecule has 1 atom stereocenters. The molecule has 1 aliphatic heterocycles. The lowest BCUT2D eigenvalue weighted by molar-refractivity contribution is 0.479. The molecule has 4 rings (SSSR count). The van der Waals surface area contributed by atoms with Crippen LogP contribution in [0.5, 0.6) is 0 Å². The van der Waals surface area contributed by atoms with E-state index < -0.39 is 0 Å². The molecule has 142 valence electrons. The fourth-order valence-electron chi connectivity index (χ4n) is 3.33. The van der Waals surface area contributed by atoms with E-state index in [1.165, 1.54) is 0 Å². The van der Waals surface area contributed by atoms with E-state index in [1.807, 2.05) is 37.8 Å². The Kier molecular flexibility index (Phi) is 5.26. The number of aryl methyl sites for hydroxylation is 1. The average molecular weight is 374 g/mol. The minimum absolute atomic E-state index is 0.337. The van der Waals surface area contributed by atoms with Gasteiger partial charge in [0.1, 0.15) is 23.4 Å². The summed E-state index contributed by atoms with van der Waals surface area (Å²) in [6.07, 6.45) is 10.2. The third-order valence-corrected chi connectivity index (χ3v) is 4.79. The number of hydrogen-bond acceptors (Lipinski definition) is 7. The summed E-state index contributed by atoms with van der Waals surface area (Å²) < 4.78 is 1.78. The average Bonchev–Trinajstić information content (AvgIpc) is 3.16. The molecule has 8 nitrogen and oxygen atoms in total. The van der Waals surface area contributed by atoms with Gasteiger partial charge in [-0.05, 0) is 31.0 Å². The zero-order valence-corrected chi connectivity index (χ0v) is 15.8. The fourth-order valence-corrected chi connectivity index (χ4v) is 3.33. The van der Waals surface area contributed by atoms with Crippen LogP contribution in [0.4, 0.5) is 5.82 Å². The van der Waals surface area contributed by atoms with Crippen LogP contribution in [0.1, 0.15) is 29.9 Å². The number of nitrogens with zero attached hydrogens (tertiary/aromatic N) is 6. The molecule has 2 N–H and O–H groups in total. The summed E-state index contributed by atoms with van der Waals surface area (Å²) in [6, 6.07) is 5.98. The van der Waals surface area contributed by atoms with Crippen LogP contribution in [0.15, 0.2) is 36.9 Å². The van der Waals surface area contributed by atoms with Crippen molar-refractivity contribution in [2.75, 3.05) is 18.4 Å². The molecule has 1 aliphatic rings. The Morgan fingerprint density at radius 1 is 1.29 bits per heavy atom. The van der Waals surface area contributed by atoms with E-state index in [4.69, 9.17) is 10.2 Å². The van der Waals surface area contributed by atoms with E-state index in [1.54, 1.807) is 16.9 Å². The Morgan fingerprint density at radius 2 is 2.21 bits per heavy atom. The van der Waals surface area contributed by atoms with Crippen LogP contribution in [0.25, 0.3) is 11.1 Å². The van der Waals surface area contributed by atoms with Crippen LogP contribution in [-0.4, -0.2) is 43.9 Å². The molecule has 0 saturated carbocycles. The highest BCUT2D eigenvalue weighted by Crippen LogP contribution is 2.27. The number of hydrogen-bond donors (Lipinski definition) is 2. The van der Waals surface area contributed by atoms with Crippen LogP contribution in [0, 0.1) is 11.3 Å². The molecule has 0 spiro atoms. The van der Waals surface area contributed by atoms with E-state index in [9.17, 15) is 0 Å². The van der Waals surface area contributed by atoms with E-state index in [0.717, 1.165) is 48.4 Å². The molecule has 3 aromatic rings. The van der Waals surface area contributed by atoms with E-state index in [-0.39, 0.29) is 0 Å². The molecule has 0 amide bonds. The van der Waals surface area contributed by atoms with Gasteiger partial charge in [0.05, 0.1) is 6.20 Å². The van der Waals surface area contributed by atoms with Crippen molar-refractivity contribution in [1.29, 1.82) is 5.26 Å². The number of pyridine rings is 1. The van der Waals surface area contributed by atoms with Crippen LogP contribution in [0.3, 0.4) is 0 Å². The largest absolute Gasteiger partial charge is 0.365 e. The quantitative estimate of drug-likeness (QED) is 0.703. The summed E-state index contributed by atoms with van der Waals surface area (Å²) in [7, 11) is 1.90. The van der Waals surface area contributed by atoms with Gasteiger partial charge in [-0.15, -0.1) is 0 Å². The summed E-state index contributed by atoms with van der Waals surface area (Å²) in [6.45, 7) is 1.99. The van der Waals surface area contributed by atoms with Crippen molar-refractivity contribution in [3.8, 4) is 17.2 Å². The lowest BCUT2D eigenvalue weighted by atomic mass is 10.1. The molecule has 0 unspecified atom stereocenters. The van der Waals surface area contributed by atoms with E-state index in [2.05, 4.69) is 25.7 Å². The highest BCUT2D eigenvalue weighted by Gasteiger charge is 2.17. The van der Waals surface area contributed by atoms with Gasteiger partial charge in [0.15, 0.2) is 0 Å². The molecule has 8 heteroatoms. The van der Waals surface area contributed by atoms with Gasteiger partial charge in [-0.2, -0.15) is 10.4 Å². The van der Waals surface area contributed by atoms with Gasteiger partial charge in [-0.3, -0.25) is 4.68 Å². The number of aromatic nitrogens is 5. The van der Waals surface area contributed by atoms with Crippen molar-refractivity contribution < 1.29 is 0 Å². The maximum atomic E-state index is 8.89. The predicted octanol–water partition coefficient (Wildman–Crippen LogP) is 1.90. The second-order valence-corrected chi connectivity index (χ2v) is 6.98. The minimum atomic E-state index is 0.337.